The smallest absolute Gasteiger partial charge is 0.226 e. The molecule has 1 aromatic carbocycles. The minimum absolute atomic E-state index is 0.0338. The van der Waals surface area contributed by atoms with Gasteiger partial charge >= 0.3 is 0 Å². The van der Waals surface area contributed by atoms with Gasteiger partial charge in [0.2, 0.25) is 5.91 Å². The normalized spacial score (nSPS) is 11.1. The maximum absolute atomic E-state index is 11.9. The third kappa shape index (κ3) is 6.42. The average Bonchev–Trinajstić information content (AvgIpc) is 3.06. The van der Waals surface area contributed by atoms with Crippen LogP contribution in [-0.4, -0.2) is 25.5 Å². The molecule has 1 amide bonds. The van der Waals surface area contributed by atoms with E-state index in [0.717, 1.165) is 16.7 Å². The lowest BCUT2D eigenvalue weighted by Crippen LogP contribution is -2.38. The number of carbonyl (C=O) groups is 1. The number of hydrogen-bond acceptors (Lipinski definition) is 3. The number of anilines is 1. The molecule has 0 atom stereocenters. The molecular weight excluding hydrogens is 376 g/mol. The Bertz CT molecular complexity index is 641. The number of hydrogen-bond donors (Lipinski definition) is 3. The van der Waals surface area contributed by atoms with Crippen LogP contribution in [0.3, 0.4) is 0 Å². The zero-order valence-electron chi connectivity index (χ0n) is 12.8. The van der Waals surface area contributed by atoms with Crippen LogP contribution < -0.4 is 16.0 Å². The lowest BCUT2D eigenvalue weighted by atomic mass is 10.3. The minimum Gasteiger partial charge on any atom is -0.356 e. The highest BCUT2D eigenvalue weighted by Gasteiger charge is 2.04. The fourth-order valence-corrected chi connectivity index (χ4v) is 2.76. The zero-order chi connectivity index (χ0) is 16.5. The lowest BCUT2D eigenvalue weighted by Gasteiger charge is -2.11. The van der Waals surface area contributed by atoms with Crippen LogP contribution in [0.15, 0.2) is 51.2 Å². The van der Waals surface area contributed by atoms with Gasteiger partial charge in [0, 0.05) is 35.1 Å². The summed E-state index contributed by atoms with van der Waals surface area (Å²) < 4.78 is 0.984. The molecule has 2 rings (SSSR count). The van der Waals surface area contributed by atoms with Gasteiger partial charge in [0.05, 0.1) is 6.54 Å². The third-order valence-electron chi connectivity index (χ3n) is 3.01. The molecule has 0 unspecified atom stereocenters. The van der Waals surface area contributed by atoms with Crippen molar-refractivity contribution in [3.8, 4) is 0 Å². The molecule has 0 radical (unpaired) electrons. The van der Waals surface area contributed by atoms with E-state index in [2.05, 4.69) is 42.9 Å². The Kier molecular flexibility index (Phi) is 7.09. The molecule has 1 heterocycles. The van der Waals surface area contributed by atoms with Gasteiger partial charge in [-0.3, -0.25) is 9.79 Å². The molecule has 7 heteroatoms. The Morgan fingerprint density at radius 2 is 2.00 bits per heavy atom. The van der Waals surface area contributed by atoms with Gasteiger partial charge in [-0.15, -0.1) is 11.3 Å². The van der Waals surface area contributed by atoms with E-state index < -0.39 is 0 Å². The summed E-state index contributed by atoms with van der Waals surface area (Å²) in [5.74, 6) is 0.656. The second kappa shape index (κ2) is 9.32. The number of nitrogens with one attached hydrogen (secondary N) is 3. The van der Waals surface area contributed by atoms with Gasteiger partial charge in [-0.1, -0.05) is 22.0 Å². The monoisotopic (exact) mass is 394 g/mol. The van der Waals surface area contributed by atoms with E-state index in [1.807, 2.05) is 35.7 Å². The van der Waals surface area contributed by atoms with Crippen molar-refractivity contribution in [2.24, 2.45) is 4.99 Å². The molecule has 0 bridgehead atoms. The van der Waals surface area contributed by atoms with Gasteiger partial charge in [-0.25, -0.2) is 0 Å². The summed E-state index contributed by atoms with van der Waals surface area (Å²) in [6.07, 6.45) is 0.371. The average molecular weight is 395 g/mol. The van der Waals surface area contributed by atoms with E-state index >= 15 is 0 Å². The molecule has 0 aliphatic rings. The first-order valence-electron chi connectivity index (χ1n) is 7.19. The number of carbonyl (C=O) groups excluding carboxylic acids is 1. The predicted molar refractivity (Wildman–Crippen MR) is 99.9 cm³/mol. The Hall–Kier alpha value is -1.86. The first-order valence-corrected chi connectivity index (χ1v) is 8.87. The van der Waals surface area contributed by atoms with E-state index in [0.29, 0.717) is 18.9 Å². The summed E-state index contributed by atoms with van der Waals surface area (Å²) in [6.45, 7) is 1.24. The quantitative estimate of drug-likeness (QED) is 0.520. The number of benzene rings is 1. The second-order valence-electron chi connectivity index (χ2n) is 4.74. The molecule has 0 aliphatic heterocycles. The molecule has 0 saturated carbocycles. The van der Waals surface area contributed by atoms with E-state index in [1.54, 1.807) is 18.4 Å². The van der Waals surface area contributed by atoms with Crippen LogP contribution in [0, 0.1) is 0 Å². The van der Waals surface area contributed by atoms with Gasteiger partial charge in [-0.05, 0) is 35.7 Å². The Morgan fingerprint density at radius 1 is 1.22 bits per heavy atom. The zero-order valence-corrected chi connectivity index (χ0v) is 15.2. The number of nitrogens with zero attached hydrogens (tertiary/aromatic N) is 1. The predicted octanol–water partition coefficient (Wildman–Crippen LogP) is 3.20. The molecule has 3 N–H and O–H groups in total. The highest BCUT2D eigenvalue weighted by atomic mass is 79.9. The molecule has 0 aliphatic carbocycles. The number of aliphatic imine (C=N–C) groups is 1. The van der Waals surface area contributed by atoms with Crippen LogP contribution in [0.1, 0.15) is 11.3 Å². The summed E-state index contributed by atoms with van der Waals surface area (Å²) in [5, 5.41) is 11.2. The van der Waals surface area contributed by atoms with E-state index in [-0.39, 0.29) is 5.91 Å². The van der Waals surface area contributed by atoms with Crippen molar-refractivity contribution in [2.75, 3.05) is 18.9 Å². The van der Waals surface area contributed by atoms with E-state index in [4.69, 9.17) is 0 Å². The first-order chi connectivity index (χ1) is 11.2. The number of rotatable bonds is 6. The number of guanidine groups is 1. The maximum atomic E-state index is 11.9. The maximum Gasteiger partial charge on any atom is 0.226 e. The topological polar surface area (TPSA) is 65.5 Å². The highest BCUT2D eigenvalue weighted by molar-refractivity contribution is 9.10. The second-order valence-corrected chi connectivity index (χ2v) is 6.68. The van der Waals surface area contributed by atoms with Crippen molar-refractivity contribution in [1.82, 2.24) is 10.6 Å². The molecule has 0 spiro atoms. The molecule has 122 valence electrons. The Labute approximate surface area is 148 Å². The van der Waals surface area contributed by atoms with Crippen molar-refractivity contribution >= 4 is 44.8 Å². The van der Waals surface area contributed by atoms with E-state index in [1.165, 1.54) is 4.88 Å². The van der Waals surface area contributed by atoms with Gasteiger partial charge < -0.3 is 16.0 Å². The van der Waals surface area contributed by atoms with Crippen molar-refractivity contribution in [3.05, 3.63) is 51.1 Å². The Morgan fingerprint density at radius 3 is 2.65 bits per heavy atom. The molecule has 2 aromatic rings. The fourth-order valence-electron chi connectivity index (χ4n) is 1.86. The minimum atomic E-state index is -0.0338. The molecule has 1 aromatic heterocycles. The largest absolute Gasteiger partial charge is 0.356 e. The van der Waals surface area contributed by atoms with Crippen LogP contribution >= 0.6 is 27.3 Å². The number of thiophene rings is 1. The van der Waals surface area contributed by atoms with Crippen molar-refractivity contribution < 1.29 is 4.79 Å². The summed E-state index contributed by atoms with van der Waals surface area (Å²) in [6, 6.07) is 11.6. The highest BCUT2D eigenvalue weighted by Crippen LogP contribution is 2.14. The summed E-state index contributed by atoms with van der Waals surface area (Å²) >= 11 is 5.06. The van der Waals surface area contributed by atoms with Crippen LogP contribution in [0.4, 0.5) is 5.69 Å². The van der Waals surface area contributed by atoms with Gasteiger partial charge in [0.25, 0.3) is 0 Å². The first kappa shape index (κ1) is 17.5. The molecule has 23 heavy (non-hydrogen) atoms. The van der Waals surface area contributed by atoms with Crippen molar-refractivity contribution in [2.45, 2.75) is 13.0 Å². The number of amides is 1. The number of halogens is 1. The molecule has 0 fully saturated rings. The summed E-state index contributed by atoms with van der Waals surface area (Å²) in [7, 11) is 1.71. The molecular formula is C16H19BrN4OS. The standard InChI is InChI=1S/C16H19BrN4OS/c1-18-16(20-11-14-3-2-10-23-14)19-9-8-15(22)21-13-6-4-12(17)5-7-13/h2-7,10H,8-9,11H2,1H3,(H,21,22)(H2,18,19,20). The van der Waals surface area contributed by atoms with Crippen LogP contribution in [0.5, 0.6) is 0 Å². The van der Waals surface area contributed by atoms with Crippen LogP contribution in [0.25, 0.3) is 0 Å². The molecule has 5 nitrogen and oxygen atoms in total. The third-order valence-corrected chi connectivity index (χ3v) is 4.41. The lowest BCUT2D eigenvalue weighted by molar-refractivity contribution is -0.116. The van der Waals surface area contributed by atoms with Crippen molar-refractivity contribution in [1.29, 1.82) is 0 Å². The van der Waals surface area contributed by atoms with Crippen LogP contribution in [0.2, 0.25) is 0 Å². The van der Waals surface area contributed by atoms with Crippen molar-refractivity contribution in [3.63, 3.8) is 0 Å². The Balaban J connectivity index is 1.68. The SMILES string of the molecule is CN=C(NCCC(=O)Nc1ccc(Br)cc1)NCc1cccs1. The van der Waals surface area contributed by atoms with Crippen LogP contribution in [-0.2, 0) is 11.3 Å². The summed E-state index contributed by atoms with van der Waals surface area (Å²) in [5.41, 5.74) is 0.790. The summed E-state index contributed by atoms with van der Waals surface area (Å²) in [4.78, 5) is 17.3. The van der Waals surface area contributed by atoms with Gasteiger partial charge in [0.1, 0.15) is 0 Å². The fraction of sp³-hybridized carbons (Fsp3) is 0.250. The van der Waals surface area contributed by atoms with Gasteiger partial charge in [-0.2, -0.15) is 0 Å². The van der Waals surface area contributed by atoms with E-state index in [9.17, 15) is 4.79 Å². The van der Waals surface area contributed by atoms with Gasteiger partial charge in [0.15, 0.2) is 5.96 Å². The molecule has 0 saturated heterocycles.